The van der Waals surface area contributed by atoms with Gasteiger partial charge >= 0.3 is 0 Å². The minimum Gasteiger partial charge on any atom is -0.477 e. The normalized spacial score (nSPS) is 16.0. The van der Waals surface area contributed by atoms with Crippen molar-refractivity contribution in [3.05, 3.63) is 49.1 Å². The van der Waals surface area contributed by atoms with Crippen molar-refractivity contribution >= 4 is 22.8 Å². The van der Waals surface area contributed by atoms with Crippen LogP contribution in [0.25, 0.3) is 5.82 Å². The molecular formula is C21H26N8O3S. The van der Waals surface area contributed by atoms with Crippen molar-refractivity contribution in [1.82, 2.24) is 34.4 Å². The van der Waals surface area contributed by atoms with E-state index in [1.807, 2.05) is 11.8 Å². The first-order valence-electron chi connectivity index (χ1n) is 10.9. The molecule has 2 fully saturated rings. The molecule has 1 unspecified atom stereocenters. The third kappa shape index (κ3) is 6.31. The summed E-state index contributed by atoms with van der Waals surface area (Å²) in [6.07, 6.45) is 13.9. The predicted molar refractivity (Wildman–Crippen MR) is 122 cm³/mol. The SMILES string of the molecule is CCOc1cncc(-n2cnc(C(=O)N3CCCC3)c2)n1.O=S(Nc1ncccn1)C1CC1. The van der Waals surface area contributed by atoms with Gasteiger partial charge in [-0.2, -0.15) is 4.98 Å². The van der Waals surface area contributed by atoms with E-state index in [1.54, 1.807) is 47.9 Å². The molecule has 1 aliphatic heterocycles. The van der Waals surface area contributed by atoms with E-state index in [4.69, 9.17) is 4.74 Å². The highest BCUT2D eigenvalue weighted by atomic mass is 32.2. The van der Waals surface area contributed by atoms with Crippen molar-refractivity contribution in [2.45, 2.75) is 37.9 Å². The third-order valence-electron chi connectivity index (χ3n) is 4.94. The molecule has 1 saturated heterocycles. The number of aromatic nitrogens is 6. The number of anilines is 1. The van der Waals surface area contributed by atoms with E-state index in [0.717, 1.165) is 38.8 Å². The molecule has 0 radical (unpaired) electrons. The fourth-order valence-corrected chi connectivity index (χ4v) is 4.14. The first-order chi connectivity index (χ1) is 16.1. The van der Waals surface area contributed by atoms with Gasteiger partial charge in [0.1, 0.15) is 23.0 Å². The van der Waals surface area contributed by atoms with Crippen molar-refractivity contribution in [3.8, 4) is 11.7 Å². The van der Waals surface area contributed by atoms with Crippen LogP contribution in [0.1, 0.15) is 43.1 Å². The summed E-state index contributed by atoms with van der Waals surface area (Å²) in [5.41, 5.74) is 0.431. The van der Waals surface area contributed by atoms with Crippen LogP contribution in [0.15, 0.2) is 43.4 Å². The van der Waals surface area contributed by atoms with Gasteiger partial charge < -0.3 is 9.64 Å². The van der Waals surface area contributed by atoms with E-state index in [9.17, 15) is 9.00 Å². The summed E-state index contributed by atoms with van der Waals surface area (Å²) in [5, 5.41) is 0.314. The van der Waals surface area contributed by atoms with Crippen LogP contribution in [0.3, 0.4) is 0 Å². The fraction of sp³-hybridized carbons (Fsp3) is 0.429. The number of likely N-dealkylation sites (tertiary alicyclic amines) is 1. The standard InChI is InChI=1S/C14H17N5O2.C7H9N3OS/c1-2-21-13-8-15-7-12(17-13)19-9-11(16-10-19)14(20)18-5-3-4-6-18;11-12(6-2-3-6)10-7-8-4-1-5-9-7/h7-10H,2-6H2,1H3;1,4-6H,2-3H2,(H,8,9,10). The highest BCUT2D eigenvalue weighted by Gasteiger charge is 2.28. The Hall–Kier alpha value is -3.41. The second-order valence-corrected chi connectivity index (χ2v) is 8.95. The lowest BCUT2D eigenvalue weighted by atomic mass is 10.4. The molecule has 0 bridgehead atoms. The van der Waals surface area contributed by atoms with Crippen LogP contribution in [0.5, 0.6) is 5.88 Å². The number of ether oxygens (including phenoxy) is 1. The van der Waals surface area contributed by atoms with Gasteiger partial charge in [0, 0.05) is 31.7 Å². The molecule has 0 aromatic carbocycles. The lowest BCUT2D eigenvalue weighted by Gasteiger charge is -2.12. The first kappa shape index (κ1) is 22.8. The zero-order chi connectivity index (χ0) is 23.0. The lowest BCUT2D eigenvalue weighted by molar-refractivity contribution is 0.0787. The van der Waals surface area contributed by atoms with Crippen LogP contribution >= 0.6 is 0 Å². The third-order valence-corrected chi connectivity index (χ3v) is 6.40. The van der Waals surface area contributed by atoms with Gasteiger partial charge in [0.25, 0.3) is 5.91 Å². The van der Waals surface area contributed by atoms with Gasteiger partial charge in [-0.15, -0.1) is 0 Å². The topological polar surface area (TPSA) is 128 Å². The monoisotopic (exact) mass is 470 g/mol. The Balaban J connectivity index is 0.000000183. The van der Waals surface area contributed by atoms with Crippen molar-refractivity contribution in [3.63, 3.8) is 0 Å². The highest BCUT2D eigenvalue weighted by Crippen LogP contribution is 2.26. The van der Waals surface area contributed by atoms with Crippen molar-refractivity contribution in [1.29, 1.82) is 0 Å². The maximum atomic E-state index is 12.3. The Morgan fingerprint density at radius 1 is 1.18 bits per heavy atom. The van der Waals surface area contributed by atoms with Crippen molar-refractivity contribution in [2.24, 2.45) is 0 Å². The van der Waals surface area contributed by atoms with E-state index >= 15 is 0 Å². The van der Waals surface area contributed by atoms with Gasteiger partial charge in [0.2, 0.25) is 11.8 Å². The lowest BCUT2D eigenvalue weighted by Crippen LogP contribution is -2.27. The molecule has 4 heterocycles. The average Bonchev–Trinajstić information content (AvgIpc) is 3.33. The average molecular weight is 471 g/mol. The Labute approximate surface area is 194 Å². The maximum absolute atomic E-state index is 12.3. The Morgan fingerprint density at radius 2 is 1.94 bits per heavy atom. The van der Waals surface area contributed by atoms with Crippen LogP contribution in [-0.4, -0.2) is 69.4 Å². The van der Waals surface area contributed by atoms with Gasteiger partial charge in [0.05, 0.1) is 24.3 Å². The molecule has 1 aliphatic carbocycles. The second-order valence-electron chi connectivity index (χ2n) is 7.49. The summed E-state index contributed by atoms with van der Waals surface area (Å²) in [4.78, 5) is 34.5. The molecule has 12 heteroatoms. The number of rotatable bonds is 7. The summed E-state index contributed by atoms with van der Waals surface area (Å²) in [6, 6.07) is 1.73. The van der Waals surface area contributed by atoms with Crippen molar-refractivity contribution < 1.29 is 13.7 Å². The maximum Gasteiger partial charge on any atom is 0.274 e. The van der Waals surface area contributed by atoms with E-state index in [2.05, 4.69) is 29.6 Å². The Kier molecular flexibility index (Phi) is 7.55. The van der Waals surface area contributed by atoms with Crippen LogP contribution in [0.2, 0.25) is 0 Å². The zero-order valence-electron chi connectivity index (χ0n) is 18.3. The molecule has 1 N–H and O–H groups in total. The smallest absolute Gasteiger partial charge is 0.274 e. The Morgan fingerprint density at radius 3 is 2.64 bits per heavy atom. The second kappa shape index (κ2) is 10.9. The minimum absolute atomic E-state index is 0.0276. The summed E-state index contributed by atoms with van der Waals surface area (Å²) in [6.45, 7) is 4.04. The number of carbonyl (C=O) groups excluding carboxylic acids is 1. The van der Waals surface area contributed by atoms with Gasteiger partial charge in [-0.05, 0) is 38.7 Å². The zero-order valence-corrected chi connectivity index (χ0v) is 19.1. The van der Waals surface area contributed by atoms with Crippen molar-refractivity contribution in [2.75, 3.05) is 24.4 Å². The minimum atomic E-state index is -0.987. The number of hydrogen-bond donors (Lipinski definition) is 1. The predicted octanol–water partition coefficient (Wildman–Crippen LogP) is 2.01. The van der Waals surface area contributed by atoms with Gasteiger partial charge in [-0.3, -0.25) is 19.1 Å². The largest absolute Gasteiger partial charge is 0.477 e. The quantitative estimate of drug-likeness (QED) is 0.555. The molecule has 5 rings (SSSR count). The Bertz CT molecular complexity index is 1080. The summed E-state index contributed by atoms with van der Waals surface area (Å²) in [5.74, 6) is 1.45. The van der Waals surface area contributed by atoms with Gasteiger partial charge in [-0.25, -0.2) is 19.2 Å². The molecule has 3 aromatic rings. The number of nitrogens with zero attached hydrogens (tertiary/aromatic N) is 7. The summed E-state index contributed by atoms with van der Waals surface area (Å²) in [7, 11) is -0.987. The molecule has 33 heavy (non-hydrogen) atoms. The van der Waals surface area contributed by atoms with Gasteiger partial charge in [0.15, 0.2) is 5.82 Å². The summed E-state index contributed by atoms with van der Waals surface area (Å²) < 4.78 is 21.0. The van der Waals surface area contributed by atoms with Crippen LogP contribution in [0, 0.1) is 0 Å². The highest BCUT2D eigenvalue weighted by molar-refractivity contribution is 7.87. The molecule has 11 nitrogen and oxygen atoms in total. The molecule has 3 aromatic heterocycles. The molecule has 1 atom stereocenters. The molecule has 0 spiro atoms. The molecule has 1 amide bonds. The van der Waals surface area contributed by atoms with E-state index in [1.165, 1.54) is 0 Å². The molecular weight excluding hydrogens is 444 g/mol. The number of hydrogen-bond acceptors (Lipinski definition) is 8. The molecule has 2 aliphatic rings. The van der Waals surface area contributed by atoms with Crippen LogP contribution < -0.4 is 9.46 Å². The van der Waals surface area contributed by atoms with E-state index in [-0.39, 0.29) is 5.91 Å². The number of amides is 1. The number of carbonyl (C=O) groups is 1. The van der Waals surface area contributed by atoms with Gasteiger partial charge in [-0.1, -0.05) is 0 Å². The molecule has 174 valence electrons. The summed E-state index contributed by atoms with van der Waals surface area (Å²) >= 11 is 0. The number of nitrogens with one attached hydrogen (secondary N) is 1. The number of imidazole rings is 1. The van der Waals surface area contributed by atoms with E-state index in [0.29, 0.717) is 35.2 Å². The van der Waals surface area contributed by atoms with Crippen LogP contribution in [-0.2, 0) is 11.0 Å². The van der Waals surface area contributed by atoms with E-state index < -0.39 is 11.0 Å². The first-order valence-corrected chi connectivity index (χ1v) is 12.1. The fourth-order valence-electron chi connectivity index (χ4n) is 3.13. The molecule has 1 saturated carbocycles. The van der Waals surface area contributed by atoms with Crippen LogP contribution in [0.4, 0.5) is 5.95 Å².